The van der Waals surface area contributed by atoms with Gasteiger partial charge in [-0.1, -0.05) is 36.4 Å². The van der Waals surface area contributed by atoms with E-state index in [0.29, 0.717) is 5.75 Å². The summed E-state index contributed by atoms with van der Waals surface area (Å²) >= 11 is 0. The number of amides is 1. The molecule has 5 nitrogen and oxygen atoms in total. The van der Waals surface area contributed by atoms with Crippen LogP contribution in [0.1, 0.15) is 41.1 Å². The largest absolute Gasteiger partial charge is 0.482 e. The molecule has 0 aliphatic heterocycles. The molecule has 2 aromatic carbocycles. The average Bonchev–Trinajstić information content (AvgIpc) is 2.68. The standard InChI is InChI=1S/C22H25NO4/c1-15-7-5-12-20(16(15)2)26-14-22(25)27-13-21(24)23-19-11-6-9-17-8-3-4-10-18(17)19/h3-5,7-8,10,12,19H,6,9,11,13-14H2,1-2H3,(H,23,24)/t19-/m0/s1. The fourth-order valence-electron chi connectivity index (χ4n) is 3.34. The van der Waals surface area contributed by atoms with Gasteiger partial charge in [-0.3, -0.25) is 4.79 Å². The van der Waals surface area contributed by atoms with Crippen LogP contribution in [0.5, 0.6) is 5.75 Å². The van der Waals surface area contributed by atoms with E-state index in [9.17, 15) is 9.59 Å². The summed E-state index contributed by atoms with van der Waals surface area (Å²) in [5.74, 6) is -0.206. The first kappa shape index (κ1) is 19.0. The number of rotatable bonds is 6. The molecular weight excluding hydrogens is 342 g/mol. The van der Waals surface area contributed by atoms with Crippen molar-refractivity contribution in [1.29, 1.82) is 0 Å². The Morgan fingerprint density at radius 3 is 2.74 bits per heavy atom. The lowest BCUT2D eigenvalue weighted by Gasteiger charge is -2.26. The molecule has 5 heteroatoms. The van der Waals surface area contributed by atoms with Gasteiger partial charge < -0.3 is 14.8 Å². The maximum atomic E-state index is 12.2. The maximum Gasteiger partial charge on any atom is 0.344 e. The Bertz CT molecular complexity index is 831. The van der Waals surface area contributed by atoms with Crippen molar-refractivity contribution in [2.75, 3.05) is 13.2 Å². The monoisotopic (exact) mass is 367 g/mol. The predicted octanol–water partition coefficient (Wildman–Crippen LogP) is 3.42. The van der Waals surface area contributed by atoms with Crippen molar-refractivity contribution in [3.63, 3.8) is 0 Å². The summed E-state index contributed by atoms with van der Waals surface area (Å²) in [6, 6.07) is 13.8. The maximum absolute atomic E-state index is 12.2. The van der Waals surface area contributed by atoms with Crippen LogP contribution in [0, 0.1) is 13.8 Å². The van der Waals surface area contributed by atoms with Crippen LogP contribution in [0.4, 0.5) is 0 Å². The molecular formula is C22H25NO4. The normalized spacial score (nSPS) is 15.6. The number of fused-ring (bicyclic) bond motifs is 1. The summed E-state index contributed by atoms with van der Waals surface area (Å²) in [6.07, 6.45) is 2.96. The molecule has 1 N–H and O–H groups in total. The second-order valence-corrected chi connectivity index (χ2v) is 6.86. The zero-order valence-electron chi connectivity index (χ0n) is 15.8. The topological polar surface area (TPSA) is 64.6 Å². The first-order valence-corrected chi connectivity index (χ1v) is 9.26. The molecule has 0 spiro atoms. The third-order valence-corrected chi connectivity index (χ3v) is 4.97. The molecule has 1 aliphatic carbocycles. The summed E-state index contributed by atoms with van der Waals surface area (Å²) in [5.41, 5.74) is 4.50. The van der Waals surface area contributed by atoms with E-state index in [1.54, 1.807) is 0 Å². The number of hydrogen-bond acceptors (Lipinski definition) is 4. The number of benzene rings is 2. The van der Waals surface area contributed by atoms with Crippen molar-refractivity contribution >= 4 is 11.9 Å². The fraction of sp³-hybridized carbons (Fsp3) is 0.364. The van der Waals surface area contributed by atoms with E-state index in [2.05, 4.69) is 11.4 Å². The van der Waals surface area contributed by atoms with Crippen LogP contribution >= 0.6 is 0 Å². The molecule has 0 fully saturated rings. The average molecular weight is 367 g/mol. The van der Waals surface area contributed by atoms with Crippen LogP contribution in [0.2, 0.25) is 0 Å². The van der Waals surface area contributed by atoms with Gasteiger partial charge in [-0.15, -0.1) is 0 Å². The van der Waals surface area contributed by atoms with Crippen molar-refractivity contribution in [3.05, 3.63) is 64.7 Å². The van der Waals surface area contributed by atoms with Gasteiger partial charge in [-0.25, -0.2) is 4.79 Å². The van der Waals surface area contributed by atoms with E-state index in [1.165, 1.54) is 5.56 Å². The molecule has 0 heterocycles. The van der Waals surface area contributed by atoms with E-state index in [1.807, 2.05) is 50.2 Å². The van der Waals surface area contributed by atoms with E-state index < -0.39 is 5.97 Å². The SMILES string of the molecule is Cc1cccc(OCC(=O)OCC(=O)N[C@H]2CCCc3ccccc32)c1C. The van der Waals surface area contributed by atoms with Gasteiger partial charge in [0.2, 0.25) is 0 Å². The van der Waals surface area contributed by atoms with Gasteiger partial charge >= 0.3 is 5.97 Å². The second kappa shape index (κ2) is 8.71. The second-order valence-electron chi connectivity index (χ2n) is 6.86. The zero-order chi connectivity index (χ0) is 19.2. The highest BCUT2D eigenvalue weighted by Gasteiger charge is 2.21. The van der Waals surface area contributed by atoms with E-state index >= 15 is 0 Å². The summed E-state index contributed by atoms with van der Waals surface area (Å²) in [7, 11) is 0. The summed E-state index contributed by atoms with van der Waals surface area (Å²) < 4.78 is 10.6. The van der Waals surface area contributed by atoms with E-state index in [0.717, 1.165) is 36.0 Å². The molecule has 1 amide bonds. The van der Waals surface area contributed by atoms with Crippen LogP contribution in [0.25, 0.3) is 0 Å². The van der Waals surface area contributed by atoms with Crippen LogP contribution in [0.3, 0.4) is 0 Å². The van der Waals surface area contributed by atoms with Crippen molar-refractivity contribution < 1.29 is 19.1 Å². The minimum atomic E-state index is -0.560. The van der Waals surface area contributed by atoms with Crippen molar-refractivity contribution in [2.24, 2.45) is 0 Å². The molecule has 0 radical (unpaired) electrons. The van der Waals surface area contributed by atoms with Crippen LogP contribution in [-0.2, 0) is 20.7 Å². The van der Waals surface area contributed by atoms with Gasteiger partial charge in [0, 0.05) is 0 Å². The van der Waals surface area contributed by atoms with Crippen molar-refractivity contribution in [2.45, 2.75) is 39.2 Å². The third-order valence-electron chi connectivity index (χ3n) is 4.97. The highest BCUT2D eigenvalue weighted by atomic mass is 16.6. The zero-order valence-corrected chi connectivity index (χ0v) is 15.8. The smallest absolute Gasteiger partial charge is 0.344 e. The minimum absolute atomic E-state index is 0.0210. The minimum Gasteiger partial charge on any atom is -0.482 e. The molecule has 0 aromatic heterocycles. The lowest BCUT2D eigenvalue weighted by atomic mass is 9.88. The highest BCUT2D eigenvalue weighted by Crippen LogP contribution is 2.29. The molecule has 1 aliphatic rings. The first-order chi connectivity index (χ1) is 13.0. The lowest BCUT2D eigenvalue weighted by molar-refractivity contribution is -0.150. The number of hydrogen-bond donors (Lipinski definition) is 1. The molecule has 3 rings (SSSR count). The number of carbonyl (C=O) groups is 2. The fourth-order valence-corrected chi connectivity index (χ4v) is 3.34. The Balaban J connectivity index is 1.45. The number of esters is 1. The molecule has 27 heavy (non-hydrogen) atoms. The first-order valence-electron chi connectivity index (χ1n) is 9.26. The number of carbonyl (C=O) groups excluding carboxylic acids is 2. The van der Waals surface area contributed by atoms with Gasteiger partial charge in [-0.2, -0.15) is 0 Å². The van der Waals surface area contributed by atoms with Crippen LogP contribution in [-0.4, -0.2) is 25.1 Å². The number of nitrogens with one attached hydrogen (secondary N) is 1. The molecule has 2 aromatic rings. The molecule has 1 atom stereocenters. The summed E-state index contributed by atoms with van der Waals surface area (Å²) in [5, 5.41) is 2.96. The van der Waals surface area contributed by atoms with E-state index in [4.69, 9.17) is 9.47 Å². The van der Waals surface area contributed by atoms with Crippen LogP contribution < -0.4 is 10.1 Å². The Morgan fingerprint density at radius 2 is 1.89 bits per heavy atom. The van der Waals surface area contributed by atoms with Gasteiger partial charge in [0.05, 0.1) is 6.04 Å². The summed E-state index contributed by atoms with van der Waals surface area (Å²) in [4.78, 5) is 24.0. The third kappa shape index (κ3) is 4.88. The molecule has 0 saturated carbocycles. The van der Waals surface area contributed by atoms with Crippen LogP contribution in [0.15, 0.2) is 42.5 Å². The highest BCUT2D eigenvalue weighted by molar-refractivity contribution is 5.81. The Morgan fingerprint density at radius 1 is 1.07 bits per heavy atom. The predicted molar refractivity (Wildman–Crippen MR) is 103 cm³/mol. The van der Waals surface area contributed by atoms with Gasteiger partial charge in [0.25, 0.3) is 5.91 Å². The van der Waals surface area contributed by atoms with Gasteiger partial charge in [0.1, 0.15) is 5.75 Å². The Hall–Kier alpha value is -2.82. The Kier molecular flexibility index (Phi) is 6.12. The lowest BCUT2D eigenvalue weighted by Crippen LogP contribution is -2.34. The van der Waals surface area contributed by atoms with Gasteiger partial charge in [0.15, 0.2) is 13.2 Å². The molecule has 0 bridgehead atoms. The Labute approximate surface area is 159 Å². The molecule has 0 unspecified atom stereocenters. The molecule has 0 saturated heterocycles. The number of aryl methyl sites for hydroxylation is 2. The van der Waals surface area contributed by atoms with E-state index in [-0.39, 0.29) is 25.2 Å². The van der Waals surface area contributed by atoms with Crippen molar-refractivity contribution in [3.8, 4) is 5.75 Å². The summed E-state index contributed by atoms with van der Waals surface area (Å²) in [6.45, 7) is 3.40. The van der Waals surface area contributed by atoms with Gasteiger partial charge in [-0.05, 0) is 61.4 Å². The number of ether oxygens (including phenoxy) is 2. The quantitative estimate of drug-likeness (QED) is 0.795. The molecule has 142 valence electrons. The van der Waals surface area contributed by atoms with Crippen molar-refractivity contribution in [1.82, 2.24) is 5.32 Å².